The van der Waals surface area contributed by atoms with E-state index in [0.29, 0.717) is 0 Å². The third kappa shape index (κ3) is 10.5. The molecular formula is C36H58O3Si2. The number of rotatable bonds is 16. The molecule has 3 nitrogen and oxygen atoms in total. The molecule has 5 heteroatoms. The van der Waals surface area contributed by atoms with Crippen molar-refractivity contribution in [2.45, 2.75) is 116 Å². The van der Waals surface area contributed by atoms with Crippen molar-refractivity contribution in [2.24, 2.45) is 0 Å². The Labute approximate surface area is 254 Å². The first-order chi connectivity index (χ1) is 19.2. The van der Waals surface area contributed by atoms with Crippen LogP contribution in [0.25, 0.3) is 0 Å². The van der Waals surface area contributed by atoms with Gasteiger partial charge in [0.25, 0.3) is 8.32 Å². The number of aliphatic hydroxyl groups is 1. The van der Waals surface area contributed by atoms with Gasteiger partial charge in [0.1, 0.15) is 0 Å². The highest BCUT2D eigenvalue weighted by Crippen LogP contribution is 2.38. The van der Waals surface area contributed by atoms with Gasteiger partial charge in [0.2, 0.25) is 0 Å². The first kappa shape index (κ1) is 35.4. The molecule has 0 aliphatic rings. The van der Waals surface area contributed by atoms with Crippen LogP contribution in [0.1, 0.15) is 87.0 Å². The molecule has 0 heterocycles. The van der Waals surface area contributed by atoms with Gasteiger partial charge in [-0.2, -0.15) is 0 Å². The van der Waals surface area contributed by atoms with Crippen molar-refractivity contribution in [2.75, 3.05) is 13.2 Å². The van der Waals surface area contributed by atoms with Crippen LogP contribution in [0.4, 0.5) is 0 Å². The van der Waals surface area contributed by atoms with E-state index in [1.54, 1.807) is 0 Å². The lowest BCUT2D eigenvalue weighted by molar-refractivity contribution is 0.198. The summed E-state index contributed by atoms with van der Waals surface area (Å²) in [5, 5.41) is 12.5. The normalized spacial score (nSPS) is 14.5. The van der Waals surface area contributed by atoms with Crippen LogP contribution in [0.5, 0.6) is 0 Å². The van der Waals surface area contributed by atoms with Crippen LogP contribution in [0.15, 0.2) is 84.5 Å². The maximum atomic E-state index is 9.71. The fourth-order valence-corrected chi connectivity index (χ4v) is 10.7. The van der Waals surface area contributed by atoms with E-state index in [4.69, 9.17) is 8.85 Å². The lowest BCUT2D eigenvalue weighted by Gasteiger charge is -2.45. The zero-order valence-corrected chi connectivity index (χ0v) is 29.5. The highest BCUT2D eigenvalue weighted by molar-refractivity contribution is 6.99. The molecular weight excluding hydrogens is 537 g/mol. The SMILES string of the molecule is C/C(=C/C(CCCO)O[Si](c1ccccc1)(c1ccccc1)C(C)(C)C)CCCC/C=C/CO[Si](C)(C)C(C)(C)C. The Kier molecular flexibility index (Phi) is 14.0. The van der Waals surface area contributed by atoms with Crippen molar-refractivity contribution in [3.8, 4) is 0 Å². The van der Waals surface area contributed by atoms with Crippen molar-refractivity contribution in [3.05, 3.63) is 84.5 Å². The second-order valence-electron chi connectivity index (χ2n) is 14.0. The fraction of sp³-hybridized carbons (Fsp3) is 0.556. The molecule has 0 aliphatic carbocycles. The summed E-state index contributed by atoms with van der Waals surface area (Å²) < 4.78 is 13.7. The molecule has 2 aromatic rings. The Morgan fingerprint density at radius 1 is 0.805 bits per heavy atom. The molecule has 0 saturated carbocycles. The molecule has 0 saturated heterocycles. The van der Waals surface area contributed by atoms with Gasteiger partial charge < -0.3 is 14.0 Å². The van der Waals surface area contributed by atoms with Gasteiger partial charge in [-0.3, -0.25) is 0 Å². The van der Waals surface area contributed by atoms with Crippen LogP contribution in [0.3, 0.4) is 0 Å². The van der Waals surface area contributed by atoms with Gasteiger partial charge in [0, 0.05) is 6.61 Å². The molecule has 228 valence electrons. The van der Waals surface area contributed by atoms with E-state index in [1.165, 1.54) is 22.4 Å². The first-order valence-corrected chi connectivity index (χ1v) is 20.4. The third-order valence-corrected chi connectivity index (χ3v) is 18.1. The van der Waals surface area contributed by atoms with E-state index < -0.39 is 16.6 Å². The third-order valence-electron chi connectivity index (χ3n) is 8.57. The number of aliphatic hydroxyl groups excluding tert-OH is 1. The Hall–Kier alpha value is -1.77. The second-order valence-corrected chi connectivity index (χ2v) is 23.0. The molecule has 0 radical (unpaired) electrons. The van der Waals surface area contributed by atoms with Crippen molar-refractivity contribution in [3.63, 3.8) is 0 Å². The van der Waals surface area contributed by atoms with Gasteiger partial charge in [-0.05, 0) is 79.0 Å². The highest BCUT2D eigenvalue weighted by Gasteiger charge is 2.51. The smallest absolute Gasteiger partial charge is 0.261 e. The molecule has 0 aliphatic heterocycles. The van der Waals surface area contributed by atoms with Crippen LogP contribution in [0, 0.1) is 0 Å². The molecule has 0 spiro atoms. The predicted molar refractivity (Wildman–Crippen MR) is 183 cm³/mol. The number of hydrogen-bond donors (Lipinski definition) is 1. The second kappa shape index (κ2) is 16.2. The summed E-state index contributed by atoms with van der Waals surface area (Å²) in [5.41, 5.74) is 1.37. The minimum Gasteiger partial charge on any atom is -0.413 e. The van der Waals surface area contributed by atoms with E-state index in [0.717, 1.165) is 38.7 Å². The summed E-state index contributed by atoms with van der Waals surface area (Å²) in [6, 6.07) is 21.7. The summed E-state index contributed by atoms with van der Waals surface area (Å²) >= 11 is 0. The largest absolute Gasteiger partial charge is 0.413 e. The van der Waals surface area contributed by atoms with Crippen LogP contribution >= 0.6 is 0 Å². The topological polar surface area (TPSA) is 38.7 Å². The average molecular weight is 595 g/mol. The van der Waals surface area contributed by atoms with Gasteiger partial charge in [-0.25, -0.2) is 0 Å². The van der Waals surface area contributed by atoms with E-state index in [2.05, 4.69) is 140 Å². The molecule has 1 atom stereocenters. The summed E-state index contributed by atoms with van der Waals surface area (Å²) in [4.78, 5) is 0. The zero-order chi connectivity index (χ0) is 30.6. The molecule has 0 fully saturated rings. The maximum Gasteiger partial charge on any atom is 0.261 e. The van der Waals surface area contributed by atoms with Gasteiger partial charge in [0.15, 0.2) is 8.32 Å². The quantitative estimate of drug-likeness (QED) is 0.120. The van der Waals surface area contributed by atoms with Crippen molar-refractivity contribution in [1.82, 2.24) is 0 Å². The van der Waals surface area contributed by atoms with Crippen LogP contribution in [-0.4, -0.2) is 41.1 Å². The summed E-state index contributed by atoms with van der Waals surface area (Å²) in [6.07, 6.45) is 12.8. The molecule has 2 aromatic carbocycles. The van der Waals surface area contributed by atoms with E-state index in [1.807, 2.05) is 0 Å². The Bertz CT molecular complexity index is 1020. The predicted octanol–water partition coefficient (Wildman–Crippen LogP) is 8.79. The molecule has 0 amide bonds. The van der Waals surface area contributed by atoms with Crippen molar-refractivity contribution < 1.29 is 14.0 Å². The van der Waals surface area contributed by atoms with Gasteiger partial charge in [0.05, 0.1) is 12.7 Å². The van der Waals surface area contributed by atoms with Crippen molar-refractivity contribution in [1.29, 1.82) is 0 Å². The molecule has 1 N–H and O–H groups in total. The van der Waals surface area contributed by atoms with E-state index in [9.17, 15) is 5.11 Å². The Morgan fingerprint density at radius 2 is 1.37 bits per heavy atom. The summed E-state index contributed by atoms with van der Waals surface area (Å²) in [7, 11) is -4.33. The number of unbranched alkanes of at least 4 members (excludes halogenated alkanes) is 2. The average Bonchev–Trinajstić information content (AvgIpc) is 2.91. The molecule has 0 aromatic heterocycles. The van der Waals surface area contributed by atoms with Gasteiger partial charge in [-0.1, -0.05) is 126 Å². The van der Waals surface area contributed by atoms with Crippen LogP contribution in [0.2, 0.25) is 23.2 Å². The molecule has 0 bridgehead atoms. The molecule has 1 unspecified atom stereocenters. The standard InChI is InChI=1S/C36H58O3Si2/c1-31(22-15-11-10-12-20-29-38-40(8,9)35(2,3)4)30-32(23-21-28-37)39-41(36(5,6)7,33-24-16-13-17-25-33)34-26-18-14-19-27-34/h12-14,16-20,24-27,30,32,37H,10-11,15,21-23,28-29H2,1-9H3/b20-12+,31-30-. The van der Waals surface area contributed by atoms with Crippen LogP contribution in [-0.2, 0) is 8.85 Å². The Morgan fingerprint density at radius 3 is 1.85 bits per heavy atom. The van der Waals surface area contributed by atoms with Gasteiger partial charge in [-0.15, -0.1) is 0 Å². The number of hydrogen-bond acceptors (Lipinski definition) is 3. The minimum atomic E-state index is -2.66. The Balaban J connectivity index is 2.13. The first-order valence-electron chi connectivity index (χ1n) is 15.6. The monoisotopic (exact) mass is 594 g/mol. The fourth-order valence-electron chi connectivity index (χ4n) is 5.11. The minimum absolute atomic E-state index is 0.0409. The highest BCUT2D eigenvalue weighted by atomic mass is 28.4. The molecule has 41 heavy (non-hydrogen) atoms. The molecule has 2 rings (SSSR count). The summed E-state index contributed by atoms with van der Waals surface area (Å²) in [6.45, 7) is 21.6. The summed E-state index contributed by atoms with van der Waals surface area (Å²) in [5.74, 6) is 0. The number of benzene rings is 2. The van der Waals surface area contributed by atoms with Gasteiger partial charge >= 0.3 is 0 Å². The lowest BCUT2D eigenvalue weighted by atomic mass is 10.1. The van der Waals surface area contributed by atoms with Crippen LogP contribution < -0.4 is 10.4 Å². The number of allylic oxidation sites excluding steroid dienone is 2. The zero-order valence-electron chi connectivity index (χ0n) is 27.5. The van der Waals surface area contributed by atoms with E-state index in [-0.39, 0.29) is 22.8 Å². The lowest BCUT2D eigenvalue weighted by Crippen LogP contribution is -2.67. The maximum absolute atomic E-state index is 9.71. The van der Waals surface area contributed by atoms with Crippen molar-refractivity contribution >= 4 is 27.0 Å². The van der Waals surface area contributed by atoms with E-state index >= 15 is 0 Å².